The molecule has 0 saturated carbocycles. The predicted octanol–water partition coefficient (Wildman–Crippen LogP) is 15.6. The summed E-state index contributed by atoms with van der Waals surface area (Å²) in [6.45, 7) is 0. The molecule has 0 amide bonds. The molecule has 3 heteroatoms. The first-order chi connectivity index (χ1) is 27.2. The third-order valence-corrected chi connectivity index (χ3v) is 12.1. The summed E-state index contributed by atoms with van der Waals surface area (Å²) in [5.41, 5.74) is 12.3. The smallest absolute Gasteiger partial charge is 0.136 e. The first kappa shape index (κ1) is 31.6. The van der Waals surface area contributed by atoms with Crippen molar-refractivity contribution in [3.63, 3.8) is 0 Å². The van der Waals surface area contributed by atoms with Crippen LogP contribution in [-0.2, 0) is 0 Å². The van der Waals surface area contributed by atoms with Crippen LogP contribution in [0.25, 0.3) is 86.3 Å². The Balaban J connectivity index is 1.01. The Morgan fingerprint density at radius 2 is 0.982 bits per heavy atom. The molecule has 2 nitrogen and oxygen atoms in total. The molecule has 2 heterocycles. The van der Waals surface area contributed by atoms with Crippen LogP contribution in [0.1, 0.15) is 0 Å². The molecule has 11 rings (SSSR count). The van der Waals surface area contributed by atoms with E-state index in [-0.39, 0.29) is 0 Å². The van der Waals surface area contributed by atoms with Crippen LogP contribution in [0.4, 0.5) is 17.1 Å². The lowest BCUT2D eigenvalue weighted by atomic mass is 9.96. The second kappa shape index (κ2) is 12.9. The maximum Gasteiger partial charge on any atom is 0.136 e. The molecule has 0 aliphatic carbocycles. The van der Waals surface area contributed by atoms with Gasteiger partial charge in [-0.3, -0.25) is 0 Å². The van der Waals surface area contributed by atoms with Crippen LogP contribution < -0.4 is 4.90 Å². The quantitative estimate of drug-likeness (QED) is 0.170. The fourth-order valence-electron chi connectivity index (χ4n) is 8.21. The molecule has 0 spiro atoms. The van der Waals surface area contributed by atoms with Crippen molar-refractivity contribution >= 4 is 81.3 Å². The van der Waals surface area contributed by atoms with Crippen molar-refractivity contribution in [3.8, 4) is 33.4 Å². The zero-order chi connectivity index (χ0) is 36.3. The number of hydrogen-bond acceptors (Lipinski definition) is 3. The van der Waals surface area contributed by atoms with Gasteiger partial charge in [-0.05, 0) is 105 Å². The molecule has 0 unspecified atom stereocenters. The Labute approximate surface area is 322 Å². The number of para-hydroxylation sites is 1. The van der Waals surface area contributed by atoms with Gasteiger partial charge in [-0.1, -0.05) is 140 Å². The number of hydrogen-bond donors (Lipinski definition) is 0. The van der Waals surface area contributed by atoms with Gasteiger partial charge in [0.25, 0.3) is 0 Å². The van der Waals surface area contributed by atoms with Crippen LogP contribution >= 0.6 is 11.3 Å². The first-order valence-electron chi connectivity index (χ1n) is 18.7. The maximum absolute atomic E-state index is 6.31. The zero-order valence-corrected chi connectivity index (χ0v) is 30.6. The predicted molar refractivity (Wildman–Crippen MR) is 235 cm³/mol. The fraction of sp³-hybridized carbons (Fsp3) is 0. The van der Waals surface area contributed by atoms with Gasteiger partial charge in [-0.25, -0.2) is 0 Å². The minimum atomic E-state index is 0.911. The molecular formula is C52H33NOS. The van der Waals surface area contributed by atoms with E-state index in [4.69, 9.17) is 4.42 Å². The highest BCUT2D eigenvalue weighted by atomic mass is 32.1. The lowest BCUT2D eigenvalue weighted by Crippen LogP contribution is -2.10. The average Bonchev–Trinajstić information content (AvgIpc) is 3.82. The Bertz CT molecular complexity index is 3190. The molecule has 9 aromatic carbocycles. The van der Waals surface area contributed by atoms with E-state index < -0.39 is 0 Å². The summed E-state index contributed by atoms with van der Waals surface area (Å²) in [5.74, 6) is 0. The topological polar surface area (TPSA) is 16.4 Å². The number of nitrogens with zero attached hydrogens (tertiary/aromatic N) is 1. The molecule has 0 saturated heterocycles. The minimum Gasteiger partial charge on any atom is -0.456 e. The highest BCUT2D eigenvalue weighted by Crippen LogP contribution is 2.43. The molecule has 0 aliphatic heterocycles. The third-order valence-electron chi connectivity index (χ3n) is 10.9. The van der Waals surface area contributed by atoms with Crippen molar-refractivity contribution < 1.29 is 4.42 Å². The molecule has 11 aromatic rings. The van der Waals surface area contributed by atoms with Gasteiger partial charge in [0.05, 0.1) is 0 Å². The molecule has 0 atom stereocenters. The first-order valence-corrected chi connectivity index (χ1v) is 19.5. The lowest BCUT2D eigenvalue weighted by molar-refractivity contribution is 0.669. The summed E-state index contributed by atoms with van der Waals surface area (Å²) < 4.78 is 8.95. The van der Waals surface area contributed by atoms with Crippen molar-refractivity contribution in [3.05, 3.63) is 200 Å². The molecule has 55 heavy (non-hydrogen) atoms. The van der Waals surface area contributed by atoms with Crippen molar-refractivity contribution in [2.24, 2.45) is 0 Å². The van der Waals surface area contributed by atoms with Crippen molar-refractivity contribution in [1.29, 1.82) is 0 Å². The van der Waals surface area contributed by atoms with Gasteiger partial charge >= 0.3 is 0 Å². The summed E-state index contributed by atoms with van der Waals surface area (Å²) >= 11 is 1.87. The van der Waals surface area contributed by atoms with E-state index in [2.05, 4.69) is 193 Å². The van der Waals surface area contributed by atoms with Gasteiger partial charge in [0, 0.05) is 48.0 Å². The summed E-state index contributed by atoms with van der Waals surface area (Å²) in [5, 5.41) is 7.31. The van der Waals surface area contributed by atoms with Crippen molar-refractivity contribution in [1.82, 2.24) is 0 Å². The number of furan rings is 1. The van der Waals surface area contributed by atoms with Crippen LogP contribution in [-0.4, -0.2) is 0 Å². The number of benzene rings is 9. The van der Waals surface area contributed by atoms with Crippen LogP contribution in [0.15, 0.2) is 205 Å². The molecule has 0 bridgehead atoms. The minimum absolute atomic E-state index is 0.911. The van der Waals surface area contributed by atoms with E-state index in [9.17, 15) is 0 Å². The van der Waals surface area contributed by atoms with E-state index in [0.29, 0.717) is 0 Å². The zero-order valence-electron chi connectivity index (χ0n) is 29.8. The number of rotatable bonds is 6. The monoisotopic (exact) mass is 719 g/mol. The molecule has 0 aliphatic rings. The van der Waals surface area contributed by atoms with E-state index >= 15 is 0 Å². The second-order valence-electron chi connectivity index (χ2n) is 14.1. The number of fused-ring (bicyclic) bond motifs is 7. The van der Waals surface area contributed by atoms with Crippen LogP contribution in [0.5, 0.6) is 0 Å². The van der Waals surface area contributed by atoms with E-state index in [1.807, 2.05) is 23.5 Å². The molecule has 2 aromatic heterocycles. The standard InChI is InChI=1S/C52H33NOS/c1-2-11-34(12-3-1)37-13-8-15-41(31-37)53(40-29-25-36(26-30-40)43-19-10-20-46-45-17-5-7-22-51(45)55-52(43)46)39-27-23-35(24-28-39)42-18-9-14-38-32-48-44-16-4-6-21-49(44)54-50(48)33-47(38)42/h1-33H. The highest BCUT2D eigenvalue weighted by molar-refractivity contribution is 7.26. The summed E-state index contributed by atoms with van der Waals surface area (Å²) in [4.78, 5) is 2.36. The number of anilines is 3. The summed E-state index contributed by atoms with van der Waals surface area (Å²) in [7, 11) is 0. The molecule has 258 valence electrons. The van der Waals surface area contributed by atoms with Crippen LogP contribution in [0, 0.1) is 0 Å². The largest absolute Gasteiger partial charge is 0.456 e. The average molecular weight is 720 g/mol. The summed E-state index contributed by atoms with van der Waals surface area (Å²) in [6.07, 6.45) is 0. The maximum atomic E-state index is 6.31. The SMILES string of the molecule is c1ccc(-c2cccc(N(c3ccc(-c4cccc5cc6c(cc45)oc4ccccc46)cc3)c3ccc(-c4cccc5c4sc4ccccc45)cc3)c2)cc1. The summed E-state index contributed by atoms with van der Waals surface area (Å²) in [6, 6.07) is 72.2. The molecule has 0 fully saturated rings. The van der Waals surface area contributed by atoms with Gasteiger partial charge in [0.15, 0.2) is 0 Å². The van der Waals surface area contributed by atoms with E-state index in [1.165, 1.54) is 58.8 Å². The van der Waals surface area contributed by atoms with Crippen LogP contribution in [0.2, 0.25) is 0 Å². The Hall–Kier alpha value is -6.94. The Morgan fingerprint density at radius 1 is 0.345 bits per heavy atom. The molecular weight excluding hydrogens is 687 g/mol. The van der Waals surface area contributed by atoms with Crippen molar-refractivity contribution in [2.45, 2.75) is 0 Å². The second-order valence-corrected chi connectivity index (χ2v) is 15.2. The third kappa shape index (κ3) is 5.40. The van der Waals surface area contributed by atoms with Crippen LogP contribution in [0.3, 0.4) is 0 Å². The fourth-order valence-corrected chi connectivity index (χ4v) is 9.44. The normalized spacial score (nSPS) is 11.6. The lowest BCUT2D eigenvalue weighted by Gasteiger charge is -2.26. The van der Waals surface area contributed by atoms with E-state index in [0.717, 1.165) is 44.6 Å². The van der Waals surface area contributed by atoms with E-state index in [1.54, 1.807) is 0 Å². The Kier molecular flexibility index (Phi) is 7.39. The molecule has 0 radical (unpaired) electrons. The van der Waals surface area contributed by atoms with Gasteiger partial charge in [-0.15, -0.1) is 11.3 Å². The number of thiophene rings is 1. The highest BCUT2D eigenvalue weighted by Gasteiger charge is 2.17. The van der Waals surface area contributed by atoms with Gasteiger partial charge in [0.1, 0.15) is 11.2 Å². The molecule has 0 N–H and O–H groups in total. The van der Waals surface area contributed by atoms with Gasteiger partial charge in [0.2, 0.25) is 0 Å². The van der Waals surface area contributed by atoms with Gasteiger partial charge < -0.3 is 9.32 Å². The van der Waals surface area contributed by atoms with Crippen molar-refractivity contribution in [2.75, 3.05) is 4.90 Å². The van der Waals surface area contributed by atoms with Gasteiger partial charge in [-0.2, -0.15) is 0 Å². The Morgan fingerprint density at radius 3 is 1.80 bits per heavy atom.